The summed E-state index contributed by atoms with van der Waals surface area (Å²) in [4.78, 5) is 0. The average molecular weight is 1330 g/mol. The quantitative estimate of drug-likeness (QED) is 0.0804. The molecule has 8 rings (SSSR count). The molecule has 8 aliphatic carbocycles. The van der Waals surface area contributed by atoms with E-state index in [0.717, 1.165) is 160 Å². The minimum absolute atomic E-state index is 0.00579. The lowest BCUT2D eigenvalue weighted by molar-refractivity contribution is -0.0126. The van der Waals surface area contributed by atoms with E-state index in [9.17, 15) is 40.9 Å². The Kier molecular flexibility index (Phi) is 46.6. The zero-order valence-electron chi connectivity index (χ0n) is 67.3. The van der Waals surface area contributed by atoms with Gasteiger partial charge in [0.15, 0.2) is 0 Å². The lowest BCUT2D eigenvalue weighted by atomic mass is 9.69. The van der Waals surface area contributed by atoms with Crippen LogP contribution in [0.15, 0.2) is 0 Å². The molecule has 0 amide bonds. The first-order valence-corrected chi connectivity index (χ1v) is 41.1. The maximum Gasteiger partial charge on any atom is 0.0593 e. The van der Waals surface area contributed by atoms with Gasteiger partial charge in [-0.15, -0.1) is 0 Å². The third-order valence-electron chi connectivity index (χ3n) is 23.9. The molecule has 0 aromatic heterocycles. The van der Waals surface area contributed by atoms with E-state index in [1.165, 1.54) is 141 Å². The fraction of sp³-hybridized carbons (Fsp3) is 1.00. The third-order valence-corrected chi connectivity index (χ3v) is 23.9. The Morgan fingerprint density at radius 1 is 0.330 bits per heavy atom. The van der Waals surface area contributed by atoms with Crippen molar-refractivity contribution in [1.29, 1.82) is 0 Å². The first-order chi connectivity index (χ1) is 43.7. The highest BCUT2D eigenvalue weighted by atomic mass is 16.3. The molecule has 8 fully saturated rings. The molecule has 94 heavy (non-hydrogen) atoms. The fourth-order valence-corrected chi connectivity index (χ4v) is 19.4. The van der Waals surface area contributed by atoms with Crippen LogP contribution in [0.2, 0.25) is 0 Å². The standard InChI is InChI=1S/7C11H22O.C9H18O/c1-8(2)4-10-5-9(3)6-11(12)7-10;1-9(2)8-11(3)6-4-10(12)5-7-11;1-8(2)6-10-7-11(12)5-4-9(10)3;1-8(2)6-10-7-9(3)4-5-11(10)12;1-8(2)6-10-5-4-9(3)7-11(10)12;1-9(2)7-11(3)6-4-5-10(12)8-11;1-9(2)8-11(3)7-5-4-6-10(11)12;1-3-8-7(2)5-4-6-9(8)10/h8-12H,4-7H2,1-3H3;9-10,12H,4-8H2,1-3H3;3*8-12H,4-7H2,1-3H3;2*9-10,12H,4-8H2,1-3H3;7-10H,3-6H2,1-2H3. The second-order valence-corrected chi connectivity index (χ2v) is 38.4. The predicted octanol–water partition coefficient (Wildman–Crippen LogP) is 22.4. The van der Waals surface area contributed by atoms with Crippen molar-refractivity contribution in [3.63, 3.8) is 0 Å². The van der Waals surface area contributed by atoms with E-state index in [0.29, 0.717) is 34.5 Å². The molecule has 8 N–H and O–H groups in total. The van der Waals surface area contributed by atoms with Gasteiger partial charge in [0.2, 0.25) is 0 Å². The van der Waals surface area contributed by atoms with E-state index >= 15 is 0 Å². The molecule has 0 bridgehead atoms. The van der Waals surface area contributed by atoms with Gasteiger partial charge < -0.3 is 40.9 Å². The predicted molar refractivity (Wildman–Crippen MR) is 407 cm³/mol. The second-order valence-electron chi connectivity index (χ2n) is 38.4. The molecule has 8 aliphatic rings. The van der Waals surface area contributed by atoms with Crippen LogP contribution in [0.25, 0.3) is 0 Å². The Morgan fingerprint density at radius 2 is 0.872 bits per heavy atom. The Bertz CT molecular complexity index is 1740. The smallest absolute Gasteiger partial charge is 0.0593 e. The molecular formula is C86H172O8. The van der Waals surface area contributed by atoms with E-state index in [1.54, 1.807) is 0 Å². The number of aliphatic hydroxyl groups excluding tert-OH is 8. The summed E-state index contributed by atoms with van der Waals surface area (Å²) in [5.41, 5.74) is 1.16. The van der Waals surface area contributed by atoms with Crippen LogP contribution in [0.1, 0.15) is 384 Å². The highest BCUT2D eigenvalue weighted by Gasteiger charge is 2.37. The second kappa shape index (κ2) is 47.8. The summed E-state index contributed by atoms with van der Waals surface area (Å²) >= 11 is 0. The molecule has 19 unspecified atom stereocenters. The van der Waals surface area contributed by atoms with Crippen molar-refractivity contribution in [2.45, 2.75) is 433 Å². The van der Waals surface area contributed by atoms with Crippen LogP contribution in [0.3, 0.4) is 0 Å². The Labute approximate surface area is 587 Å². The van der Waals surface area contributed by atoms with E-state index < -0.39 is 0 Å². The zero-order chi connectivity index (χ0) is 71.7. The van der Waals surface area contributed by atoms with E-state index in [-0.39, 0.29) is 54.2 Å². The van der Waals surface area contributed by atoms with Crippen LogP contribution in [-0.2, 0) is 0 Å². The molecule has 19 atom stereocenters. The van der Waals surface area contributed by atoms with Gasteiger partial charge in [0.25, 0.3) is 0 Å². The van der Waals surface area contributed by atoms with Crippen molar-refractivity contribution in [3.8, 4) is 0 Å². The Balaban J connectivity index is 0.000000537. The van der Waals surface area contributed by atoms with Crippen molar-refractivity contribution >= 4 is 0 Å². The van der Waals surface area contributed by atoms with Crippen LogP contribution < -0.4 is 0 Å². The van der Waals surface area contributed by atoms with Gasteiger partial charge in [-0.25, -0.2) is 0 Å². The summed E-state index contributed by atoms with van der Waals surface area (Å²) in [5, 5.41) is 76.9. The number of hydrogen-bond acceptors (Lipinski definition) is 8. The van der Waals surface area contributed by atoms with Crippen molar-refractivity contribution in [1.82, 2.24) is 0 Å². The van der Waals surface area contributed by atoms with Crippen LogP contribution in [0.4, 0.5) is 0 Å². The van der Waals surface area contributed by atoms with Crippen molar-refractivity contribution in [2.75, 3.05) is 0 Å². The van der Waals surface area contributed by atoms with Crippen molar-refractivity contribution < 1.29 is 40.9 Å². The van der Waals surface area contributed by atoms with Gasteiger partial charge in [0, 0.05) is 0 Å². The van der Waals surface area contributed by atoms with Gasteiger partial charge >= 0.3 is 0 Å². The number of rotatable bonds is 15. The summed E-state index contributed by atoms with van der Waals surface area (Å²) in [6.07, 6.45) is 40.8. The van der Waals surface area contributed by atoms with E-state index in [2.05, 4.69) is 159 Å². The molecule has 0 heterocycles. The molecule has 0 spiro atoms. The average Bonchev–Trinajstić information content (AvgIpc) is 0.944. The van der Waals surface area contributed by atoms with E-state index in [1.807, 2.05) is 0 Å². The molecule has 0 radical (unpaired) electrons. The summed E-state index contributed by atoms with van der Waals surface area (Å²) < 4.78 is 0. The molecule has 0 aromatic rings. The van der Waals surface area contributed by atoms with Gasteiger partial charge in [-0.2, -0.15) is 0 Å². The number of aliphatic hydroxyl groups is 8. The maximum atomic E-state index is 9.88. The fourth-order valence-electron chi connectivity index (χ4n) is 19.4. The largest absolute Gasteiger partial charge is 0.393 e. The van der Waals surface area contributed by atoms with Crippen molar-refractivity contribution in [2.24, 2.45) is 117 Å². The zero-order valence-corrected chi connectivity index (χ0v) is 67.3. The normalized spacial score (nSPS) is 37.7. The first kappa shape index (κ1) is 91.7. The van der Waals surface area contributed by atoms with Gasteiger partial charge in [-0.05, 0) is 297 Å². The lowest BCUT2D eigenvalue weighted by Gasteiger charge is -2.39. The van der Waals surface area contributed by atoms with Gasteiger partial charge in [-0.3, -0.25) is 0 Å². The molecule has 8 nitrogen and oxygen atoms in total. The SMILES string of the molecule is CC(C)CC1(C)CCC(O)CC1.CC(C)CC1(C)CCCC(O)C1.CC(C)CC1(C)CCCCC1O.CC(C)CC1CC(C)CC(O)C1.CC(C)CC1CC(C)CCC1O.CC(C)CC1CC(O)CCC1C.CC(C)CC1CCC(C)CC1O.CCC1C(C)CCCC1O. The molecule has 8 saturated carbocycles. The molecule has 0 aromatic carbocycles. The first-order valence-electron chi connectivity index (χ1n) is 41.1. The molecule has 0 aliphatic heterocycles. The Morgan fingerprint density at radius 3 is 1.37 bits per heavy atom. The molecular weight excluding hydrogens is 1160 g/mol. The highest BCUT2D eigenvalue weighted by molar-refractivity contribution is 4.88. The summed E-state index contributed by atoms with van der Waals surface area (Å²) in [6, 6.07) is 0. The van der Waals surface area contributed by atoms with Crippen LogP contribution in [-0.4, -0.2) is 89.7 Å². The lowest BCUT2D eigenvalue weighted by Crippen LogP contribution is -2.36. The van der Waals surface area contributed by atoms with E-state index in [4.69, 9.17) is 0 Å². The van der Waals surface area contributed by atoms with Gasteiger partial charge in [-0.1, -0.05) is 204 Å². The summed E-state index contributed by atoms with van der Waals surface area (Å²) in [7, 11) is 0. The monoisotopic (exact) mass is 1330 g/mol. The minimum Gasteiger partial charge on any atom is -0.393 e. The highest BCUT2D eigenvalue weighted by Crippen LogP contribution is 2.44. The minimum atomic E-state index is -0.0475. The van der Waals surface area contributed by atoms with Crippen LogP contribution in [0, 0.1) is 117 Å². The molecule has 8 heteroatoms. The molecule has 564 valence electrons. The number of hydrogen-bond donors (Lipinski definition) is 8. The summed E-state index contributed by atoms with van der Waals surface area (Å²) in [6.45, 7) is 52.2. The van der Waals surface area contributed by atoms with Crippen molar-refractivity contribution in [3.05, 3.63) is 0 Å². The third kappa shape index (κ3) is 41.0. The maximum absolute atomic E-state index is 9.88. The topological polar surface area (TPSA) is 162 Å². The van der Waals surface area contributed by atoms with Gasteiger partial charge in [0.05, 0.1) is 48.8 Å². The van der Waals surface area contributed by atoms with Crippen LogP contribution in [0.5, 0.6) is 0 Å². The summed E-state index contributed by atoms with van der Waals surface area (Å²) in [5.74, 6) is 12.5. The Hall–Kier alpha value is -0.320. The van der Waals surface area contributed by atoms with Crippen LogP contribution >= 0.6 is 0 Å². The van der Waals surface area contributed by atoms with Gasteiger partial charge in [0.1, 0.15) is 0 Å². The molecule has 0 saturated heterocycles.